The van der Waals surface area contributed by atoms with Gasteiger partial charge in [0.05, 0.1) is 24.8 Å². The minimum atomic E-state index is -0.389. The normalized spacial score (nSPS) is 16.4. The zero-order chi connectivity index (χ0) is 18.9. The summed E-state index contributed by atoms with van der Waals surface area (Å²) in [6, 6.07) is 6.80. The SMILES string of the molecule is CN=C(NCc1ccc(C#N)cc1F)NCC(C(C)C)N1CCOCC1.I. The summed E-state index contributed by atoms with van der Waals surface area (Å²) < 4.78 is 19.4. The molecule has 0 aliphatic carbocycles. The highest BCUT2D eigenvalue weighted by atomic mass is 127. The van der Waals surface area contributed by atoms with Crippen LogP contribution in [0.15, 0.2) is 23.2 Å². The van der Waals surface area contributed by atoms with Gasteiger partial charge in [0.2, 0.25) is 0 Å². The fourth-order valence-corrected chi connectivity index (χ4v) is 3.06. The van der Waals surface area contributed by atoms with Crippen LogP contribution in [0.2, 0.25) is 0 Å². The summed E-state index contributed by atoms with van der Waals surface area (Å²) in [6.07, 6.45) is 0. The van der Waals surface area contributed by atoms with Crippen LogP contribution in [0, 0.1) is 23.1 Å². The first kappa shape index (κ1) is 23.6. The van der Waals surface area contributed by atoms with Crippen LogP contribution in [0.25, 0.3) is 0 Å². The standard InChI is InChI=1S/C19H28FN5O.HI/c1-14(2)18(25-6-8-26-9-7-25)13-24-19(22-3)23-12-16-5-4-15(11-21)10-17(16)20;/h4-5,10,14,18H,6-9,12-13H2,1-3H3,(H2,22,23,24);1H. The molecule has 1 aliphatic heterocycles. The molecule has 150 valence electrons. The van der Waals surface area contributed by atoms with Crippen LogP contribution in [0.5, 0.6) is 0 Å². The lowest BCUT2D eigenvalue weighted by molar-refractivity contribution is 0.00752. The molecule has 1 aromatic rings. The van der Waals surface area contributed by atoms with Crippen molar-refractivity contribution in [3.8, 4) is 6.07 Å². The second-order valence-corrected chi connectivity index (χ2v) is 6.68. The number of nitrogens with one attached hydrogen (secondary N) is 2. The lowest BCUT2D eigenvalue weighted by Gasteiger charge is -2.37. The number of hydrogen-bond donors (Lipinski definition) is 2. The average Bonchev–Trinajstić information content (AvgIpc) is 2.65. The Labute approximate surface area is 178 Å². The molecule has 0 saturated carbocycles. The summed E-state index contributed by atoms with van der Waals surface area (Å²) >= 11 is 0. The first-order valence-electron chi connectivity index (χ1n) is 9.00. The maximum Gasteiger partial charge on any atom is 0.191 e. The van der Waals surface area contributed by atoms with Crippen molar-refractivity contribution in [1.82, 2.24) is 15.5 Å². The molecular weight excluding hydrogens is 460 g/mol. The molecule has 0 radical (unpaired) electrons. The molecule has 8 heteroatoms. The molecule has 1 heterocycles. The third kappa shape index (κ3) is 7.24. The van der Waals surface area contributed by atoms with Crippen molar-refractivity contribution < 1.29 is 9.13 Å². The summed E-state index contributed by atoms with van der Waals surface area (Å²) in [5, 5.41) is 15.3. The van der Waals surface area contributed by atoms with E-state index in [2.05, 4.69) is 34.4 Å². The van der Waals surface area contributed by atoms with E-state index in [1.54, 1.807) is 19.2 Å². The number of rotatable bonds is 6. The van der Waals surface area contributed by atoms with E-state index < -0.39 is 0 Å². The predicted octanol–water partition coefficient (Wildman–Crippen LogP) is 2.34. The quantitative estimate of drug-likeness (QED) is 0.365. The van der Waals surface area contributed by atoms with Gasteiger partial charge in [-0.25, -0.2) is 4.39 Å². The number of halogens is 2. The Hall–Kier alpha value is -1.44. The van der Waals surface area contributed by atoms with Gasteiger partial charge in [-0.15, -0.1) is 24.0 Å². The Morgan fingerprint density at radius 2 is 2.04 bits per heavy atom. The van der Waals surface area contributed by atoms with Crippen molar-refractivity contribution in [3.05, 3.63) is 35.1 Å². The average molecular weight is 489 g/mol. The zero-order valence-electron chi connectivity index (χ0n) is 16.2. The van der Waals surface area contributed by atoms with Gasteiger partial charge < -0.3 is 15.4 Å². The van der Waals surface area contributed by atoms with Crippen molar-refractivity contribution in [2.24, 2.45) is 10.9 Å². The van der Waals surface area contributed by atoms with Gasteiger partial charge in [-0.3, -0.25) is 9.89 Å². The molecule has 1 aromatic carbocycles. The third-order valence-electron chi connectivity index (χ3n) is 4.61. The molecule has 1 atom stereocenters. The molecule has 0 aromatic heterocycles. The number of benzene rings is 1. The van der Waals surface area contributed by atoms with Gasteiger partial charge in [0.25, 0.3) is 0 Å². The molecule has 2 N–H and O–H groups in total. The Kier molecular flexibility index (Phi) is 10.6. The fourth-order valence-electron chi connectivity index (χ4n) is 3.06. The van der Waals surface area contributed by atoms with E-state index in [0.29, 0.717) is 35.6 Å². The van der Waals surface area contributed by atoms with Crippen molar-refractivity contribution in [3.63, 3.8) is 0 Å². The van der Waals surface area contributed by atoms with E-state index in [9.17, 15) is 4.39 Å². The highest BCUT2D eigenvalue weighted by Crippen LogP contribution is 2.12. The summed E-state index contributed by atoms with van der Waals surface area (Å²) in [6.45, 7) is 8.91. The molecule has 6 nitrogen and oxygen atoms in total. The van der Waals surface area contributed by atoms with Crippen LogP contribution in [0.1, 0.15) is 25.0 Å². The molecule has 1 fully saturated rings. The van der Waals surface area contributed by atoms with Crippen molar-refractivity contribution in [2.75, 3.05) is 39.9 Å². The lowest BCUT2D eigenvalue weighted by atomic mass is 10.0. The van der Waals surface area contributed by atoms with E-state index in [0.717, 1.165) is 32.8 Å². The van der Waals surface area contributed by atoms with Crippen LogP contribution in [-0.2, 0) is 11.3 Å². The molecule has 0 amide bonds. The van der Waals surface area contributed by atoms with Crippen LogP contribution < -0.4 is 10.6 Å². The number of morpholine rings is 1. The molecule has 27 heavy (non-hydrogen) atoms. The van der Waals surface area contributed by atoms with Gasteiger partial charge in [0.1, 0.15) is 5.82 Å². The minimum Gasteiger partial charge on any atom is -0.379 e. The summed E-state index contributed by atoms with van der Waals surface area (Å²) in [4.78, 5) is 6.66. The Bertz CT molecular complexity index is 656. The van der Waals surface area contributed by atoms with E-state index in [4.69, 9.17) is 10.00 Å². The van der Waals surface area contributed by atoms with E-state index in [1.807, 2.05) is 6.07 Å². The maximum absolute atomic E-state index is 14.0. The van der Waals surface area contributed by atoms with Crippen LogP contribution >= 0.6 is 24.0 Å². The lowest BCUT2D eigenvalue weighted by Crippen LogP contribution is -2.52. The number of hydrogen-bond acceptors (Lipinski definition) is 4. The van der Waals surface area contributed by atoms with E-state index in [-0.39, 0.29) is 29.8 Å². The highest BCUT2D eigenvalue weighted by molar-refractivity contribution is 14.0. The molecule has 1 unspecified atom stereocenters. The first-order valence-corrected chi connectivity index (χ1v) is 9.00. The molecular formula is C19H29FIN5O. The Balaban J connectivity index is 0.00000364. The Morgan fingerprint density at radius 3 is 2.59 bits per heavy atom. The second-order valence-electron chi connectivity index (χ2n) is 6.68. The molecule has 1 aliphatic rings. The summed E-state index contributed by atoms with van der Waals surface area (Å²) in [5.74, 6) is 0.739. The van der Waals surface area contributed by atoms with Crippen LogP contribution in [-0.4, -0.2) is 56.8 Å². The number of aliphatic imine (C=N–C) groups is 1. The molecule has 0 spiro atoms. The summed E-state index contributed by atoms with van der Waals surface area (Å²) in [7, 11) is 1.70. The van der Waals surface area contributed by atoms with E-state index in [1.165, 1.54) is 6.07 Å². The number of guanidine groups is 1. The fraction of sp³-hybridized carbons (Fsp3) is 0.579. The largest absolute Gasteiger partial charge is 0.379 e. The van der Waals surface area contributed by atoms with Gasteiger partial charge in [0.15, 0.2) is 5.96 Å². The van der Waals surface area contributed by atoms with E-state index >= 15 is 0 Å². The predicted molar refractivity (Wildman–Crippen MR) is 116 cm³/mol. The van der Waals surface area contributed by atoms with Crippen molar-refractivity contribution >= 4 is 29.9 Å². The molecule has 1 saturated heterocycles. The topological polar surface area (TPSA) is 72.7 Å². The minimum absolute atomic E-state index is 0. The van der Waals surface area contributed by atoms with Gasteiger partial charge in [0, 0.05) is 44.8 Å². The Morgan fingerprint density at radius 1 is 1.33 bits per heavy atom. The first-order chi connectivity index (χ1) is 12.5. The van der Waals surface area contributed by atoms with Gasteiger partial charge in [-0.1, -0.05) is 19.9 Å². The number of ether oxygens (including phenoxy) is 1. The monoisotopic (exact) mass is 489 g/mol. The molecule has 2 rings (SSSR count). The highest BCUT2D eigenvalue weighted by Gasteiger charge is 2.23. The second kappa shape index (κ2) is 12.1. The van der Waals surface area contributed by atoms with Gasteiger partial charge >= 0.3 is 0 Å². The summed E-state index contributed by atoms with van der Waals surface area (Å²) in [5.41, 5.74) is 0.819. The maximum atomic E-state index is 14.0. The van der Waals surface area contributed by atoms with Crippen LogP contribution in [0.4, 0.5) is 4.39 Å². The van der Waals surface area contributed by atoms with Crippen LogP contribution in [0.3, 0.4) is 0 Å². The van der Waals surface area contributed by atoms with Crippen molar-refractivity contribution in [2.45, 2.75) is 26.4 Å². The zero-order valence-corrected chi connectivity index (χ0v) is 18.5. The number of nitrogens with zero attached hydrogens (tertiary/aromatic N) is 3. The third-order valence-corrected chi connectivity index (χ3v) is 4.61. The van der Waals surface area contributed by atoms with Gasteiger partial charge in [-0.2, -0.15) is 5.26 Å². The smallest absolute Gasteiger partial charge is 0.191 e. The van der Waals surface area contributed by atoms with Gasteiger partial charge in [-0.05, 0) is 18.1 Å². The molecule has 0 bridgehead atoms. The number of nitriles is 1. The van der Waals surface area contributed by atoms with Crippen molar-refractivity contribution in [1.29, 1.82) is 5.26 Å².